The Kier molecular flexibility index (Phi) is 10.7. The van der Waals surface area contributed by atoms with Crippen molar-refractivity contribution in [3.63, 3.8) is 0 Å². The first-order valence-electron chi connectivity index (χ1n) is 2.93. The molecular formula is C7H7NNa2O3. The predicted octanol–water partition coefficient (Wildman–Crippen LogP) is -4.24. The minimum atomic E-state index is -0.736. The fourth-order valence-corrected chi connectivity index (χ4v) is 0.661. The van der Waals surface area contributed by atoms with Gasteiger partial charge in [0.1, 0.15) is 0 Å². The molecule has 0 unspecified atom stereocenters. The fourth-order valence-electron chi connectivity index (χ4n) is 0.661. The molecule has 0 amide bonds. The van der Waals surface area contributed by atoms with E-state index in [1.54, 1.807) is 18.2 Å². The molecule has 1 aromatic rings. The average Bonchev–Trinajstić information content (AvgIpc) is 2.07. The van der Waals surface area contributed by atoms with Crippen molar-refractivity contribution in [2.75, 3.05) is 0 Å². The second kappa shape index (κ2) is 8.87. The Morgan fingerprint density at radius 3 is 2.23 bits per heavy atom. The molecule has 4 nitrogen and oxygen atoms in total. The van der Waals surface area contributed by atoms with Crippen LogP contribution in [0.1, 0.15) is 13.2 Å². The molecule has 0 aromatic heterocycles. The number of nitrogens with zero attached hydrogens (tertiary/aromatic N) is 1. The van der Waals surface area contributed by atoms with Gasteiger partial charge >= 0.3 is 65.1 Å². The van der Waals surface area contributed by atoms with Crippen molar-refractivity contribution in [1.82, 2.24) is 0 Å². The second-order valence-corrected chi connectivity index (χ2v) is 1.82. The largest absolute Gasteiger partial charge is 1.00 e. The predicted molar refractivity (Wildman–Crippen MR) is 39.9 cm³/mol. The molecule has 1 aromatic carbocycles. The number of carbonyl (C=O) groups excluding carboxylic acids is 1. The average molecular weight is 199 g/mol. The van der Waals surface area contributed by atoms with Gasteiger partial charge in [-0.15, -0.1) is 4.91 Å². The van der Waals surface area contributed by atoms with Gasteiger partial charge in [-0.2, -0.15) is 0 Å². The molecule has 0 aliphatic rings. The zero-order valence-corrected chi connectivity index (χ0v) is 11.6. The Morgan fingerprint density at radius 2 is 1.77 bits per heavy atom. The van der Waals surface area contributed by atoms with Crippen LogP contribution in [0.25, 0.3) is 0 Å². The molecule has 0 heterocycles. The molecule has 0 saturated carbocycles. The first-order valence-corrected chi connectivity index (χ1v) is 2.93. The maximum absolute atomic E-state index is 10.7. The van der Waals surface area contributed by atoms with Crippen molar-refractivity contribution in [3.05, 3.63) is 40.8 Å². The maximum atomic E-state index is 10.7. The summed E-state index contributed by atoms with van der Waals surface area (Å²) in [4.78, 5) is 24.1. The van der Waals surface area contributed by atoms with E-state index in [1.165, 1.54) is 12.1 Å². The molecule has 0 bridgehead atoms. The Bertz CT molecular complexity index is 274. The van der Waals surface area contributed by atoms with Crippen molar-refractivity contribution in [2.24, 2.45) is 5.34 Å². The summed E-state index contributed by atoms with van der Waals surface area (Å²) in [6, 6.07) is 8.16. The van der Waals surface area contributed by atoms with Crippen molar-refractivity contribution < 1.29 is 71.6 Å². The van der Waals surface area contributed by atoms with Crippen molar-refractivity contribution in [2.45, 2.75) is 0 Å². The van der Waals surface area contributed by atoms with Crippen LogP contribution in [0.4, 0.5) is 0 Å². The smallest absolute Gasteiger partial charge is 1.00 e. The Labute approximate surface area is 123 Å². The van der Waals surface area contributed by atoms with Crippen LogP contribution in [0.5, 0.6) is 0 Å². The quantitative estimate of drug-likeness (QED) is 0.275. The number of hydrogen-bond donors (Lipinski definition) is 0. The molecule has 0 aliphatic carbocycles. The van der Waals surface area contributed by atoms with Crippen LogP contribution < -0.4 is 59.1 Å². The van der Waals surface area contributed by atoms with E-state index < -0.39 is 5.97 Å². The minimum Gasteiger partial charge on any atom is -1.00 e. The molecule has 6 heteroatoms. The zero-order valence-electron chi connectivity index (χ0n) is 9.56. The standard InChI is InChI=1S/C7H5NO3.2Na.2H/c9-7(11-8-10)6-4-2-1-3-5-6;;;;/h1-5H;;;;/q;2*+1;2*-1. The molecule has 60 valence electrons. The summed E-state index contributed by atoms with van der Waals surface area (Å²) < 4.78 is 0. The maximum Gasteiger partial charge on any atom is 1.00 e. The number of rotatable bonds is 2. The third kappa shape index (κ3) is 5.57. The molecule has 0 aliphatic heterocycles. The molecule has 0 atom stereocenters. The summed E-state index contributed by atoms with van der Waals surface area (Å²) in [5, 5.41) is 2.01. The Morgan fingerprint density at radius 1 is 1.23 bits per heavy atom. The van der Waals surface area contributed by atoms with E-state index in [0.29, 0.717) is 5.56 Å². The number of carbonyl (C=O) groups is 1. The molecular weight excluding hydrogens is 192 g/mol. The first-order chi connectivity index (χ1) is 5.34. The van der Waals surface area contributed by atoms with E-state index in [4.69, 9.17) is 0 Å². The molecule has 1 rings (SSSR count). The summed E-state index contributed by atoms with van der Waals surface area (Å²) in [5.41, 5.74) is 0.312. The van der Waals surface area contributed by atoms with E-state index >= 15 is 0 Å². The van der Waals surface area contributed by atoms with Crippen LogP contribution in [0, 0.1) is 4.91 Å². The molecule has 0 fully saturated rings. The van der Waals surface area contributed by atoms with Crippen LogP contribution in [-0.4, -0.2) is 5.97 Å². The SMILES string of the molecule is O=NOC(=O)c1ccccc1.[H-].[H-].[Na+].[Na+]. The number of benzene rings is 1. The van der Waals surface area contributed by atoms with E-state index in [2.05, 4.69) is 4.84 Å². The topological polar surface area (TPSA) is 55.7 Å². The van der Waals surface area contributed by atoms with Crippen LogP contribution >= 0.6 is 0 Å². The Hall–Kier alpha value is 0.290. The summed E-state index contributed by atoms with van der Waals surface area (Å²) in [5.74, 6) is -0.736. The summed E-state index contributed by atoms with van der Waals surface area (Å²) in [6.45, 7) is 0. The second-order valence-electron chi connectivity index (χ2n) is 1.82. The van der Waals surface area contributed by atoms with Crippen molar-refractivity contribution >= 4 is 5.97 Å². The van der Waals surface area contributed by atoms with Crippen LogP contribution in [-0.2, 0) is 4.84 Å². The van der Waals surface area contributed by atoms with Gasteiger partial charge < -0.3 is 2.85 Å². The van der Waals surface area contributed by atoms with Gasteiger partial charge in [-0.3, -0.25) is 4.84 Å². The molecule has 0 spiro atoms. The van der Waals surface area contributed by atoms with Crippen molar-refractivity contribution in [1.29, 1.82) is 0 Å². The van der Waals surface area contributed by atoms with Gasteiger partial charge in [0.25, 0.3) is 0 Å². The minimum absolute atomic E-state index is 0. The van der Waals surface area contributed by atoms with Gasteiger partial charge in [0.15, 0.2) is 5.34 Å². The van der Waals surface area contributed by atoms with Gasteiger partial charge in [-0.1, -0.05) is 18.2 Å². The van der Waals surface area contributed by atoms with E-state index in [9.17, 15) is 9.70 Å². The molecule has 0 radical (unpaired) electrons. The summed E-state index contributed by atoms with van der Waals surface area (Å²) >= 11 is 0. The van der Waals surface area contributed by atoms with E-state index in [0.717, 1.165) is 0 Å². The fraction of sp³-hybridized carbons (Fsp3) is 0. The van der Waals surface area contributed by atoms with Crippen molar-refractivity contribution in [3.8, 4) is 0 Å². The third-order valence-electron chi connectivity index (χ3n) is 1.13. The normalized spacial score (nSPS) is 7.38. The van der Waals surface area contributed by atoms with Crippen LogP contribution in [0.3, 0.4) is 0 Å². The zero-order chi connectivity index (χ0) is 8.10. The van der Waals surface area contributed by atoms with E-state index in [-0.39, 0.29) is 62.0 Å². The number of hydrogen-bond acceptors (Lipinski definition) is 4. The summed E-state index contributed by atoms with van der Waals surface area (Å²) in [7, 11) is 0. The van der Waals surface area contributed by atoms with Gasteiger partial charge in [0.2, 0.25) is 0 Å². The Balaban J connectivity index is -0.000000151. The van der Waals surface area contributed by atoms with Gasteiger partial charge in [0, 0.05) is 0 Å². The van der Waals surface area contributed by atoms with Gasteiger partial charge in [-0.25, -0.2) is 4.79 Å². The molecule has 13 heavy (non-hydrogen) atoms. The first kappa shape index (κ1) is 15.7. The molecule has 0 N–H and O–H groups in total. The van der Waals surface area contributed by atoms with Gasteiger partial charge in [0.05, 0.1) is 5.56 Å². The van der Waals surface area contributed by atoms with Gasteiger partial charge in [-0.05, 0) is 12.1 Å². The molecule has 0 saturated heterocycles. The van der Waals surface area contributed by atoms with Crippen LogP contribution in [0.2, 0.25) is 0 Å². The summed E-state index contributed by atoms with van der Waals surface area (Å²) in [6.07, 6.45) is 0. The third-order valence-corrected chi connectivity index (χ3v) is 1.13. The van der Waals surface area contributed by atoms with Crippen LogP contribution in [0.15, 0.2) is 35.7 Å². The monoisotopic (exact) mass is 199 g/mol. The van der Waals surface area contributed by atoms with E-state index in [1.807, 2.05) is 5.34 Å².